The third-order valence-corrected chi connectivity index (χ3v) is 3.54. The van der Waals surface area contributed by atoms with Crippen molar-refractivity contribution in [3.05, 3.63) is 18.3 Å². The van der Waals surface area contributed by atoms with Crippen LogP contribution >= 0.6 is 0 Å². The molecule has 1 fully saturated rings. The molecule has 5 heteroatoms. The number of anilines is 3. The number of hydrogen-bond donors (Lipinski definition) is 1. The van der Waals surface area contributed by atoms with Crippen LogP contribution in [0, 0.1) is 0 Å². The van der Waals surface area contributed by atoms with E-state index in [1.54, 1.807) is 0 Å². The van der Waals surface area contributed by atoms with Crippen molar-refractivity contribution in [2.75, 3.05) is 42.7 Å². The standard InChI is InChI=1S/C13H19N5/c1-16(2)10-6-5-9-18-12(10)11(14)13(15-18)17-7-3-4-8-17/h5-6,9H,3-4,7-8,14H2,1-2H3. The van der Waals surface area contributed by atoms with Gasteiger partial charge in [0.1, 0.15) is 11.2 Å². The molecule has 96 valence electrons. The number of fused-ring (bicyclic) bond motifs is 1. The van der Waals surface area contributed by atoms with Crippen LogP contribution in [0.1, 0.15) is 12.8 Å². The number of aromatic nitrogens is 2. The molecule has 0 unspecified atom stereocenters. The highest BCUT2D eigenvalue weighted by atomic mass is 15.3. The summed E-state index contributed by atoms with van der Waals surface area (Å²) < 4.78 is 1.89. The van der Waals surface area contributed by atoms with E-state index in [0.717, 1.165) is 35.8 Å². The fraction of sp³-hybridized carbons (Fsp3) is 0.462. The minimum absolute atomic E-state index is 0.793. The van der Waals surface area contributed by atoms with Gasteiger partial charge >= 0.3 is 0 Å². The summed E-state index contributed by atoms with van der Waals surface area (Å²) in [6.07, 6.45) is 4.42. The van der Waals surface area contributed by atoms with Gasteiger partial charge in [0.25, 0.3) is 0 Å². The van der Waals surface area contributed by atoms with E-state index in [1.807, 2.05) is 30.9 Å². The lowest BCUT2D eigenvalue weighted by molar-refractivity contribution is 0.884. The first-order valence-corrected chi connectivity index (χ1v) is 6.37. The summed E-state index contributed by atoms with van der Waals surface area (Å²) in [5.41, 5.74) is 9.21. The molecular formula is C13H19N5. The van der Waals surface area contributed by atoms with E-state index >= 15 is 0 Å². The van der Waals surface area contributed by atoms with Crippen LogP contribution in [0.3, 0.4) is 0 Å². The third-order valence-electron chi connectivity index (χ3n) is 3.54. The Balaban J connectivity index is 2.18. The number of nitrogens with two attached hydrogens (primary N) is 1. The van der Waals surface area contributed by atoms with E-state index in [9.17, 15) is 0 Å². The molecule has 0 aromatic carbocycles. The van der Waals surface area contributed by atoms with Gasteiger partial charge in [0.05, 0.1) is 5.69 Å². The first-order chi connectivity index (χ1) is 8.68. The van der Waals surface area contributed by atoms with Crippen LogP contribution in [-0.2, 0) is 0 Å². The molecule has 0 spiro atoms. The molecule has 5 nitrogen and oxygen atoms in total. The summed E-state index contributed by atoms with van der Waals surface area (Å²) >= 11 is 0. The maximum Gasteiger partial charge on any atom is 0.175 e. The van der Waals surface area contributed by atoms with E-state index in [0.29, 0.717) is 0 Å². The lowest BCUT2D eigenvalue weighted by atomic mass is 10.3. The van der Waals surface area contributed by atoms with E-state index in [1.165, 1.54) is 12.8 Å². The van der Waals surface area contributed by atoms with Crippen LogP contribution in [0.25, 0.3) is 5.52 Å². The van der Waals surface area contributed by atoms with Gasteiger partial charge in [-0.3, -0.25) is 0 Å². The lowest BCUT2D eigenvalue weighted by Crippen LogP contribution is -2.19. The Kier molecular flexibility index (Phi) is 2.54. The minimum atomic E-state index is 0.793. The predicted molar refractivity (Wildman–Crippen MR) is 75.4 cm³/mol. The largest absolute Gasteiger partial charge is 0.394 e. The molecule has 3 rings (SSSR count). The Labute approximate surface area is 107 Å². The molecule has 0 saturated carbocycles. The third kappa shape index (κ3) is 1.58. The van der Waals surface area contributed by atoms with Crippen molar-refractivity contribution in [2.24, 2.45) is 0 Å². The van der Waals surface area contributed by atoms with Gasteiger partial charge in [0.15, 0.2) is 5.82 Å². The topological polar surface area (TPSA) is 49.8 Å². The van der Waals surface area contributed by atoms with Crippen molar-refractivity contribution in [3.63, 3.8) is 0 Å². The minimum Gasteiger partial charge on any atom is -0.394 e. The molecule has 0 radical (unpaired) electrons. The second-order valence-corrected chi connectivity index (χ2v) is 5.01. The average molecular weight is 245 g/mol. The van der Waals surface area contributed by atoms with Gasteiger partial charge < -0.3 is 15.5 Å². The fourth-order valence-electron chi connectivity index (χ4n) is 2.62. The van der Waals surface area contributed by atoms with Crippen molar-refractivity contribution >= 4 is 22.7 Å². The summed E-state index contributed by atoms with van der Waals surface area (Å²) in [6, 6.07) is 4.07. The highest BCUT2D eigenvalue weighted by molar-refractivity contribution is 5.91. The molecule has 0 bridgehead atoms. The smallest absolute Gasteiger partial charge is 0.175 e. The quantitative estimate of drug-likeness (QED) is 0.872. The molecule has 2 aromatic rings. The van der Waals surface area contributed by atoms with Crippen molar-refractivity contribution in [1.82, 2.24) is 9.61 Å². The number of rotatable bonds is 2. The SMILES string of the molecule is CN(C)c1cccn2nc(N3CCCC3)c(N)c12. The maximum absolute atomic E-state index is 6.31. The normalized spacial score (nSPS) is 15.6. The van der Waals surface area contributed by atoms with Crippen LogP contribution in [0.15, 0.2) is 18.3 Å². The molecule has 2 N–H and O–H groups in total. The van der Waals surface area contributed by atoms with Crippen molar-refractivity contribution in [3.8, 4) is 0 Å². The molecule has 18 heavy (non-hydrogen) atoms. The Hall–Kier alpha value is -1.91. The highest BCUT2D eigenvalue weighted by Gasteiger charge is 2.21. The van der Waals surface area contributed by atoms with Crippen LogP contribution in [0.4, 0.5) is 17.2 Å². The van der Waals surface area contributed by atoms with Crippen LogP contribution in [0.5, 0.6) is 0 Å². The fourth-order valence-corrected chi connectivity index (χ4v) is 2.62. The van der Waals surface area contributed by atoms with Gasteiger partial charge in [0, 0.05) is 33.4 Å². The van der Waals surface area contributed by atoms with Gasteiger partial charge in [-0.25, -0.2) is 4.52 Å². The lowest BCUT2D eigenvalue weighted by Gasteiger charge is -2.15. The van der Waals surface area contributed by atoms with Gasteiger partial charge in [-0.2, -0.15) is 0 Å². The molecule has 0 atom stereocenters. The molecule has 2 aromatic heterocycles. The van der Waals surface area contributed by atoms with Gasteiger partial charge in [-0.05, 0) is 25.0 Å². The van der Waals surface area contributed by atoms with E-state index in [4.69, 9.17) is 5.73 Å². The Morgan fingerprint density at radius 3 is 2.67 bits per heavy atom. The highest BCUT2D eigenvalue weighted by Crippen LogP contribution is 2.33. The molecule has 0 amide bonds. The van der Waals surface area contributed by atoms with E-state index in [-0.39, 0.29) is 0 Å². The summed E-state index contributed by atoms with van der Waals surface area (Å²) in [4.78, 5) is 4.35. The second kappa shape index (κ2) is 4.08. The first-order valence-electron chi connectivity index (χ1n) is 6.37. The number of nitrogen functional groups attached to an aromatic ring is 1. The van der Waals surface area contributed by atoms with Gasteiger partial charge in [-0.15, -0.1) is 5.10 Å². The Morgan fingerprint density at radius 1 is 1.28 bits per heavy atom. The zero-order valence-electron chi connectivity index (χ0n) is 10.9. The number of pyridine rings is 1. The molecule has 3 heterocycles. The Bertz CT molecular complexity index is 566. The zero-order chi connectivity index (χ0) is 12.7. The van der Waals surface area contributed by atoms with Crippen LogP contribution in [-0.4, -0.2) is 36.8 Å². The first kappa shape index (κ1) is 11.2. The summed E-state index contributed by atoms with van der Waals surface area (Å²) in [5, 5.41) is 4.63. The average Bonchev–Trinajstić information content (AvgIpc) is 2.97. The van der Waals surface area contributed by atoms with E-state index in [2.05, 4.69) is 21.0 Å². The summed E-state index contributed by atoms with van der Waals surface area (Å²) in [5.74, 6) is 0.932. The number of hydrogen-bond acceptors (Lipinski definition) is 4. The van der Waals surface area contributed by atoms with Gasteiger partial charge in [0.2, 0.25) is 0 Å². The van der Waals surface area contributed by atoms with Crippen molar-refractivity contribution in [1.29, 1.82) is 0 Å². The van der Waals surface area contributed by atoms with Crippen LogP contribution < -0.4 is 15.5 Å². The predicted octanol–water partition coefficient (Wildman–Crippen LogP) is 1.58. The molecule has 1 aliphatic heterocycles. The van der Waals surface area contributed by atoms with Crippen molar-refractivity contribution in [2.45, 2.75) is 12.8 Å². The summed E-state index contributed by atoms with van der Waals surface area (Å²) in [7, 11) is 4.05. The van der Waals surface area contributed by atoms with Gasteiger partial charge in [-0.1, -0.05) is 0 Å². The molecule has 0 aliphatic carbocycles. The molecule has 1 saturated heterocycles. The molecular weight excluding hydrogens is 226 g/mol. The maximum atomic E-state index is 6.31. The number of nitrogens with zero attached hydrogens (tertiary/aromatic N) is 4. The van der Waals surface area contributed by atoms with Crippen molar-refractivity contribution < 1.29 is 0 Å². The summed E-state index contributed by atoms with van der Waals surface area (Å²) in [6.45, 7) is 2.12. The van der Waals surface area contributed by atoms with E-state index < -0.39 is 0 Å². The zero-order valence-corrected chi connectivity index (χ0v) is 10.9. The van der Waals surface area contributed by atoms with Crippen LogP contribution in [0.2, 0.25) is 0 Å². The second-order valence-electron chi connectivity index (χ2n) is 5.01. The monoisotopic (exact) mass is 245 g/mol. The Morgan fingerprint density at radius 2 is 2.00 bits per heavy atom. The molecule has 1 aliphatic rings.